The minimum Gasteiger partial charge on any atom is -0.507 e. The topological polar surface area (TPSA) is 42.2 Å². The number of hydrogen-bond acceptors (Lipinski definition) is 2. The lowest BCUT2D eigenvalue weighted by atomic mass is 9.78. The molecule has 1 atom stereocenters. The Morgan fingerprint density at radius 3 is 1.93 bits per heavy atom. The zero-order chi connectivity index (χ0) is 20.7. The van der Waals surface area contributed by atoms with Crippen molar-refractivity contribution < 1.29 is 9.90 Å². The van der Waals surface area contributed by atoms with E-state index < -0.39 is 0 Å². The third-order valence-electron chi connectivity index (χ3n) is 5.12. The summed E-state index contributed by atoms with van der Waals surface area (Å²) in [4.78, 5) is 13.2. The highest BCUT2D eigenvalue weighted by molar-refractivity contribution is 6.30. The summed E-state index contributed by atoms with van der Waals surface area (Å²) in [5, 5.41) is 11.4. The molecule has 4 heteroatoms. The minimum absolute atomic E-state index is 0.0741. The molecule has 3 nitrogen and oxygen atoms in total. The highest BCUT2D eigenvalue weighted by Crippen LogP contribution is 2.40. The lowest BCUT2D eigenvalue weighted by Gasteiger charge is -2.28. The van der Waals surface area contributed by atoms with Crippen LogP contribution in [-0.4, -0.2) is 15.5 Å². The third-order valence-corrected chi connectivity index (χ3v) is 5.42. The van der Waals surface area contributed by atoms with Gasteiger partial charge in [-0.2, -0.15) is 0 Å². The van der Waals surface area contributed by atoms with Gasteiger partial charge in [0.25, 0.3) is 0 Å². The van der Waals surface area contributed by atoms with E-state index in [0.29, 0.717) is 16.3 Å². The third kappa shape index (κ3) is 4.40. The molecule has 0 bridgehead atoms. The van der Waals surface area contributed by atoms with E-state index in [1.54, 1.807) is 6.07 Å². The molecule has 27 heavy (non-hydrogen) atoms. The molecule has 0 radical (unpaired) electrons. The molecule has 2 rings (SSSR count). The van der Waals surface area contributed by atoms with Gasteiger partial charge in [0.2, 0.25) is 0 Å². The van der Waals surface area contributed by atoms with Gasteiger partial charge in [0.05, 0.1) is 0 Å². The Hall–Kier alpha value is -1.74. The second-order valence-electron chi connectivity index (χ2n) is 9.47. The van der Waals surface area contributed by atoms with Crippen LogP contribution >= 0.6 is 11.6 Å². The smallest absolute Gasteiger partial charge is 0.194 e. The number of carbonyl (C=O) groups is 1. The number of halogens is 1. The van der Waals surface area contributed by atoms with Crippen LogP contribution in [0.25, 0.3) is 0 Å². The van der Waals surface area contributed by atoms with Gasteiger partial charge in [0.15, 0.2) is 5.78 Å². The average Bonchev–Trinajstić information content (AvgIpc) is 2.93. The SMILES string of the molecule is CCC(C)n1cc(C(=O)c2cc(C(C)(C)C)c(O)c(C(C)(C)C)c2)cc1Cl. The Morgan fingerprint density at radius 2 is 1.52 bits per heavy atom. The monoisotopic (exact) mass is 389 g/mol. The molecule has 0 aliphatic rings. The lowest BCUT2D eigenvalue weighted by Crippen LogP contribution is -2.19. The fourth-order valence-electron chi connectivity index (χ4n) is 3.19. The number of rotatable bonds is 4. The Morgan fingerprint density at radius 1 is 1.04 bits per heavy atom. The van der Waals surface area contributed by atoms with Crippen molar-refractivity contribution in [2.45, 2.75) is 78.7 Å². The van der Waals surface area contributed by atoms with Crippen molar-refractivity contribution >= 4 is 17.4 Å². The first-order valence-electron chi connectivity index (χ1n) is 9.57. The summed E-state index contributed by atoms with van der Waals surface area (Å²) in [6, 6.07) is 5.60. The molecule has 0 spiro atoms. The number of ketones is 1. The number of hydrogen-bond donors (Lipinski definition) is 1. The number of benzene rings is 1. The van der Waals surface area contributed by atoms with E-state index >= 15 is 0 Å². The maximum Gasteiger partial charge on any atom is 0.194 e. The Labute approximate surface area is 168 Å². The molecule has 1 heterocycles. The van der Waals surface area contributed by atoms with Gasteiger partial charge in [0, 0.05) is 34.5 Å². The first-order chi connectivity index (χ1) is 12.3. The van der Waals surface area contributed by atoms with Gasteiger partial charge < -0.3 is 9.67 Å². The summed E-state index contributed by atoms with van der Waals surface area (Å²) < 4.78 is 1.94. The maximum absolute atomic E-state index is 13.2. The molecule has 148 valence electrons. The average molecular weight is 390 g/mol. The van der Waals surface area contributed by atoms with Crippen LogP contribution in [0.15, 0.2) is 24.4 Å². The number of aromatic nitrogens is 1. The lowest BCUT2D eigenvalue weighted by molar-refractivity contribution is 0.103. The van der Waals surface area contributed by atoms with Gasteiger partial charge in [-0.05, 0) is 42.4 Å². The molecule has 1 aromatic carbocycles. The molecular formula is C23H32ClNO2. The fourth-order valence-corrected chi connectivity index (χ4v) is 3.52. The number of nitrogens with zero attached hydrogens (tertiary/aromatic N) is 1. The van der Waals surface area contributed by atoms with Crippen molar-refractivity contribution in [1.82, 2.24) is 4.57 Å². The molecule has 2 aromatic rings. The summed E-state index contributed by atoms with van der Waals surface area (Å²) >= 11 is 6.35. The maximum atomic E-state index is 13.2. The Balaban J connectivity index is 2.63. The van der Waals surface area contributed by atoms with Gasteiger partial charge in [-0.3, -0.25) is 4.79 Å². The van der Waals surface area contributed by atoms with Crippen molar-refractivity contribution in [3.63, 3.8) is 0 Å². The molecule has 1 N–H and O–H groups in total. The van der Waals surface area contributed by atoms with Gasteiger partial charge >= 0.3 is 0 Å². The summed E-state index contributed by atoms with van der Waals surface area (Å²) in [6.45, 7) is 16.4. The molecule has 1 unspecified atom stereocenters. The minimum atomic E-state index is -0.277. The zero-order valence-corrected chi connectivity index (χ0v) is 18.5. The highest BCUT2D eigenvalue weighted by Gasteiger charge is 2.28. The summed E-state index contributed by atoms with van der Waals surface area (Å²) in [5.74, 6) is 0.205. The van der Waals surface area contributed by atoms with Gasteiger partial charge in [-0.1, -0.05) is 60.1 Å². The van der Waals surface area contributed by atoms with Gasteiger partial charge in [-0.25, -0.2) is 0 Å². The van der Waals surface area contributed by atoms with Gasteiger partial charge in [0.1, 0.15) is 10.9 Å². The molecular weight excluding hydrogens is 358 g/mol. The van der Waals surface area contributed by atoms with Crippen LogP contribution in [0.1, 0.15) is 94.9 Å². The number of carbonyl (C=O) groups excluding carboxylic acids is 1. The van der Waals surface area contributed by atoms with Crippen molar-refractivity contribution in [2.24, 2.45) is 0 Å². The van der Waals surface area contributed by atoms with E-state index in [0.717, 1.165) is 17.5 Å². The molecule has 1 aromatic heterocycles. The molecule has 0 saturated heterocycles. The predicted octanol–water partition coefficient (Wildman–Crippen LogP) is 6.64. The normalized spacial score (nSPS) is 13.7. The van der Waals surface area contributed by atoms with E-state index in [1.807, 2.05) is 64.4 Å². The summed E-state index contributed by atoms with van der Waals surface area (Å²) in [6.07, 6.45) is 2.77. The highest BCUT2D eigenvalue weighted by atomic mass is 35.5. The molecule has 0 saturated carbocycles. The van der Waals surface area contributed by atoms with Crippen LogP contribution in [0.3, 0.4) is 0 Å². The standard InChI is InChI=1S/C23H32ClNO2/c1-9-14(2)25-13-16(12-19(25)24)20(26)15-10-17(22(3,4)5)21(27)18(11-15)23(6,7)8/h10-14,27H,9H2,1-8H3. The van der Waals surface area contributed by atoms with E-state index in [2.05, 4.69) is 13.8 Å². The summed E-state index contributed by atoms with van der Waals surface area (Å²) in [5.41, 5.74) is 2.17. The first kappa shape index (κ1) is 21.6. The van der Waals surface area contributed by atoms with E-state index in [-0.39, 0.29) is 28.4 Å². The van der Waals surface area contributed by atoms with Crippen LogP contribution in [-0.2, 0) is 10.8 Å². The van der Waals surface area contributed by atoms with E-state index in [9.17, 15) is 9.90 Å². The van der Waals surface area contributed by atoms with E-state index in [4.69, 9.17) is 11.6 Å². The largest absolute Gasteiger partial charge is 0.507 e. The molecule has 0 fully saturated rings. The van der Waals surface area contributed by atoms with Crippen LogP contribution in [0.4, 0.5) is 0 Å². The van der Waals surface area contributed by atoms with Crippen molar-refractivity contribution in [3.05, 3.63) is 51.8 Å². The number of phenolic OH excluding ortho intramolecular Hbond substituents is 1. The van der Waals surface area contributed by atoms with Crippen molar-refractivity contribution in [1.29, 1.82) is 0 Å². The van der Waals surface area contributed by atoms with Crippen LogP contribution in [0, 0.1) is 0 Å². The second-order valence-corrected chi connectivity index (χ2v) is 9.85. The molecule has 0 amide bonds. The fraction of sp³-hybridized carbons (Fsp3) is 0.522. The second kappa shape index (κ2) is 7.35. The Bertz CT molecular complexity index is 815. The van der Waals surface area contributed by atoms with Crippen molar-refractivity contribution in [3.8, 4) is 5.75 Å². The quantitative estimate of drug-likeness (QED) is 0.595. The van der Waals surface area contributed by atoms with Gasteiger partial charge in [-0.15, -0.1) is 0 Å². The number of phenols is 1. The molecule has 0 aliphatic heterocycles. The van der Waals surface area contributed by atoms with Crippen LogP contribution in [0.5, 0.6) is 5.75 Å². The predicted molar refractivity (Wildman–Crippen MR) is 113 cm³/mol. The first-order valence-corrected chi connectivity index (χ1v) is 9.95. The number of aromatic hydroxyl groups is 1. The van der Waals surface area contributed by atoms with Crippen LogP contribution in [0.2, 0.25) is 5.15 Å². The van der Waals surface area contributed by atoms with E-state index in [1.165, 1.54) is 0 Å². The Kier molecular flexibility index (Phi) is 5.87. The molecule has 0 aliphatic carbocycles. The summed E-state index contributed by atoms with van der Waals surface area (Å²) in [7, 11) is 0. The van der Waals surface area contributed by atoms with Crippen molar-refractivity contribution in [2.75, 3.05) is 0 Å². The zero-order valence-electron chi connectivity index (χ0n) is 17.8. The van der Waals surface area contributed by atoms with Crippen LogP contribution < -0.4 is 0 Å².